The Bertz CT molecular complexity index is 1930. The summed E-state index contributed by atoms with van der Waals surface area (Å²) in [6, 6.07) is 48.5. The maximum absolute atomic E-state index is 2.54. The average molecular weight is 805 g/mol. The number of hydrogen-bond acceptors (Lipinski definition) is 4. The summed E-state index contributed by atoms with van der Waals surface area (Å²) in [4.78, 5) is 5.08. The van der Waals surface area contributed by atoms with Gasteiger partial charge in [-0.2, -0.15) is 0 Å². The molecule has 0 N–H and O–H groups in total. The molecule has 2 heterocycles. The summed E-state index contributed by atoms with van der Waals surface area (Å²) in [5, 5.41) is 0. The van der Waals surface area contributed by atoms with E-state index in [0.717, 1.165) is 39.3 Å². The maximum atomic E-state index is 2.54. The molecule has 6 aromatic rings. The minimum Gasteiger partial charge on any atom is -0.367 e. The third-order valence-electron chi connectivity index (χ3n) is 10.3. The van der Waals surface area contributed by atoms with E-state index in [4.69, 9.17) is 0 Å². The molecule has 6 rings (SSSR count). The lowest BCUT2D eigenvalue weighted by Gasteiger charge is -2.25. The number of pyridine rings is 2. The van der Waals surface area contributed by atoms with Crippen molar-refractivity contribution in [3.05, 3.63) is 192 Å². The molecular formula is C52H60N4S2+2. The molecule has 0 saturated carbocycles. The summed E-state index contributed by atoms with van der Waals surface area (Å²) in [5.41, 5.74) is 10.2. The van der Waals surface area contributed by atoms with Crippen LogP contribution in [0.15, 0.2) is 158 Å². The Labute approximate surface area is 356 Å². The monoisotopic (exact) mass is 804 g/mol. The zero-order valence-electron chi connectivity index (χ0n) is 34.4. The van der Waals surface area contributed by atoms with Gasteiger partial charge in [0.1, 0.15) is 13.1 Å². The first-order chi connectivity index (χ1) is 28.6. The van der Waals surface area contributed by atoms with Crippen molar-refractivity contribution in [2.45, 2.75) is 65.7 Å². The predicted molar refractivity (Wildman–Crippen MR) is 254 cm³/mol. The van der Waals surface area contributed by atoms with Crippen LogP contribution in [0.25, 0.3) is 24.3 Å². The maximum Gasteiger partial charge on any atom is 0.169 e. The third-order valence-corrected chi connectivity index (χ3v) is 12.9. The minimum absolute atomic E-state index is 0.926. The SMILES string of the molecule is CC[n+]1ccc(C=Cc2ccc(N(CCCCSSCCCCN(Cc3ccccc3)c3ccc(C=Cc4cc[n+](CC)cc4)cc3)Cc3ccccc3)cc2)cc1. The number of benzene rings is 4. The largest absolute Gasteiger partial charge is 0.367 e. The van der Waals surface area contributed by atoms with E-state index in [1.54, 1.807) is 0 Å². The molecule has 0 amide bonds. The van der Waals surface area contributed by atoms with Crippen LogP contribution in [0.2, 0.25) is 0 Å². The van der Waals surface area contributed by atoms with Gasteiger partial charge in [-0.05, 0) is 97.2 Å². The van der Waals surface area contributed by atoms with E-state index in [0.29, 0.717) is 0 Å². The predicted octanol–water partition coefficient (Wildman–Crippen LogP) is 12.3. The molecule has 0 aliphatic heterocycles. The van der Waals surface area contributed by atoms with Crippen LogP contribution in [0, 0.1) is 0 Å². The van der Waals surface area contributed by atoms with E-state index in [9.17, 15) is 0 Å². The summed E-state index contributed by atoms with van der Waals surface area (Å²) in [5.74, 6) is 2.38. The van der Waals surface area contributed by atoms with Crippen molar-refractivity contribution in [3.8, 4) is 0 Å². The average Bonchev–Trinajstić information content (AvgIpc) is 3.29. The van der Waals surface area contributed by atoms with Crippen LogP contribution >= 0.6 is 21.6 Å². The number of unbranched alkanes of at least 4 members (excludes halogenated alkanes) is 2. The van der Waals surface area contributed by atoms with E-state index in [-0.39, 0.29) is 0 Å². The first-order valence-corrected chi connectivity index (χ1v) is 23.5. The van der Waals surface area contributed by atoms with Crippen molar-refractivity contribution in [2.75, 3.05) is 34.4 Å². The normalized spacial score (nSPS) is 11.4. The topological polar surface area (TPSA) is 14.2 Å². The van der Waals surface area contributed by atoms with Gasteiger partial charge in [-0.15, -0.1) is 0 Å². The quantitative estimate of drug-likeness (QED) is 0.0364. The first kappa shape index (κ1) is 42.6. The molecule has 0 radical (unpaired) electrons. The van der Waals surface area contributed by atoms with Crippen LogP contribution in [0.1, 0.15) is 72.9 Å². The van der Waals surface area contributed by atoms with Crippen molar-refractivity contribution < 1.29 is 9.13 Å². The zero-order chi connectivity index (χ0) is 40.0. The van der Waals surface area contributed by atoms with Crippen LogP contribution in [0.4, 0.5) is 11.4 Å². The highest BCUT2D eigenvalue weighted by molar-refractivity contribution is 8.76. The second-order valence-electron chi connectivity index (χ2n) is 14.6. The molecule has 4 nitrogen and oxygen atoms in total. The Morgan fingerprint density at radius 3 is 1.10 bits per heavy atom. The molecule has 0 aliphatic carbocycles. The van der Waals surface area contributed by atoms with Gasteiger partial charge in [0, 0.05) is 73.3 Å². The summed E-state index contributed by atoms with van der Waals surface area (Å²) in [6.45, 7) is 10.3. The molecule has 4 aromatic carbocycles. The molecule has 0 spiro atoms. The third kappa shape index (κ3) is 14.4. The number of hydrogen-bond donors (Lipinski definition) is 0. The molecule has 0 atom stereocenters. The van der Waals surface area contributed by atoms with Gasteiger partial charge in [0.25, 0.3) is 0 Å². The molecule has 6 heteroatoms. The van der Waals surface area contributed by atoms with Crippen LogP contribution in [-0.4, -0.2) is 24.6 Å². The fourth-order valence-corrected chi connectivity index (χ4v) is 9.10. The number of aryl methyl sites for hydroxylation is 2. The van der Waals surface area contributed by atoms with Crippen molar-refractivity contribution in [1.29, 1.82) is 0 Å². The standard InChI is InChI=1S/C52H60N4S2/c1-3-53-37-31-47(32-38-53)21-19-45-23-27-51(28-24-45)55(43-49-15-7-5-8-16-49)35-11-13-41-57-58-42-14-12-36-56(44-50-17-9-6-10-18-50)52-29-25-46(26-30-52)20-22-48-33-39-54(4-2)40-34-48/h5-10,15-34,37-40H,3-4,11-14,35-36,41-44H2,1-2H3/q+2. The van der Waals surface area contributed by atoms with Gasteiger partial charge >= 0.3 is 0 Å². The molecule has 0 fully saturated rings. The van der Waals surface area contributed by atoms with Crippen LogP contribution in [0.3, 0.4) is 0 Å². The van der Waals surface area contributed by atoms with E-state index in [1.807, 2.05) is 21.6 Å². The van der Waals surface area contributed by atoms with Gasteiger partial charge in [0.05, 0.1) is 0 Å². The summed E-state index contributed by atoms with van der Waals surface area (Å²) >= 11 is 0. The van der Waals surface area contributed by atoms with E-state index >= 15 is 0 Å². The lowest BCUT2D eigenvalue weighted by molar-refractivity contribution is -0.693. The van der Waals surface area contributed by atoms with Gasteiger partial charge in [-0.25, -0.2) is 9.13 Å². The van der Waals surface area contributed by atoms with Crippen molar-refractivity contribution >= 4 is 57.3 Å². The Hall–Kier alpha value is -5.04. The number of aromatic nitrogens is 2. The highest BCUT2D eigenvalue weighted by Crippen LogP contribution is 2.26. The summed E-state index contributed by atoms with van der Waals surface area (Å²) in [6.07, 6.45) is 22.2. The Balaban J connectivity index is 0.925. The highest BCUT2D eigenvalue weighted by Gasteiger charge is 2.10. The van der Waals surface area contributed by atoms with Crippen molar-refractivity contribution in [2.24, 2.45) is 0 Å². The van der Waals surface area contributed by atoms with Gasteiger partial charge in [0.15, 0.2) is 24.8 Å². The summed E-state index contributed by atoms with van der Waals surface area (Å²) in [7, 11) is 4.09. The molecule has 2 aromatic heterocycles. The van der Waals surface area contributed by atoms with Crippen molar-refractivity contribution in [1.82, 2.24) is 0 Å². The van der Waals surface area contributed by atoms with Crippen molar-refractivity contribution in [3.63, 3.8) is 0 Å². The van der Waals surface area contributed by atoms with E-state index in [2.05, 4.69) is 215 Å². The first-order valence-electron chi connectivity index (χ1n) is 21.0. The van der Waals surface area contributed by atoms with Gasteiger partial charge in [-0.3, -0.25) is 0 Å². The minimum atomic E-state index is 0.926. The fraction of sp³-hybridized carbons (Fsp3) is 0.269. The van der Waals surface area contributed by atoms with Gasteiger partial charge in [-0.1, -0.05) is 131 Å². The van der Waals surface area contributed by atoms with Crippen LogP contribution in [-0.2, 0) is 26.2 Å². The van der Waals surface area contributed by atoms with Gasteiger partial charge < -0.3 is 9.80 Å². The van der Waals surface area contributed by atoms with Gasteiger partial charge in [0.2, 0.25) is 0 Å². The lowest BCUT2D eigenvalue weighted by atomic mass is 10.1. The molecule has 0 aliphatic rings. The van der Waals surface area contributed by atoms with Crippen LogP contribution in [0.5, 0.6) is 0 Å². The Morgan fingerprint density at radius 2 is 0.759 bits per heavy atom. The molecule has 58 heavy (non-hydrogen) atoms. The van der Waals surface area contributed by atoms with Crippen LogP contribution < -0.4 is 18.9 Å². The smallest absolute Gasteiger partial charge is 0.169 e. The molecular weight excluding hydrogens is 745 g/mol. The van der Waals surface area contributed by atoms with E-state index in [1.165, 1.54) is 81.9 Å². The number of rotatable bonds is 23. The molecule has 0 unspecified atom stereocenters. The zero-order valence-corrected chi connectivity index (χ0v) is 36.0. The fourth-order valence-electron chi connectivity index (χ4n) is 6.81. The second-order valence-corrected chi connectivity index (χ2v) is 17.3. The van der Waals surface area contributed by atoms with E-state index < -0.39 is 0 Å². The number of anilines is 2. The molecule has 0 saturated heterocycles. The number of nitrogens with zero attached hydrogens (tertiary/aromatic N) is 4. The molecule has 0 bridgehead atoms. The Morgan fingerprint density at radius 1 is 0.414 bits per heavy atom. The lowest BCUT2D eigenvalue weighted by Crippen LogP contribution is -2.30. The Kier molecular flexibility index (Phi) is 17.6. The summed E-state index contributed by atoms with van der Waals surface area (Å²) < 4.78 is 4.37. The molecule has 298 valence electrons. The highest BCUT2D eigenvalue weighted by atomic mass is 33.1. The second kappa shape index (κ2) is 24.0.